The van der Waals surface area contributed by atoms with Crippen molar-refractivity contribution in [1.82, 2.24) is 9.55 Å². The number of carbonyl (C=O) groups is 1. The predicted octanol–water partition coefficient (Wildman–Crippen LogP) is 2.69. The minimum Gasteiger partial charge on any atom is -0.319 e. The van der Waals surface area contributed by atoms with E-state index in [1.54, 1.807) is 12.4 Å². The smallest absolute Gasteiger partial charge is 0.248 e. The average molecular weight is 297 g/mol. The Hall–Kier alpha value is -2.27. The van der Waals surface area contributed by atoms with Gasteiger partial charge >= 0.3 is 0 Å². The van der Waals surface area contributed by atoms with E-state index in [1.807, 2.05) is 48.0 Å². The van der Waals surface area contributed by atoms with Crippen LogP contribution in [0, 0.1) is 0 Å². The van der Waals surface area contributed by atoms with Gasteiger partial charge in [-0.1, -0.05) is 23.5 Å². The molecule has 0 aliphatic heterocycles. The highest BCUT2D eigenvalue weighted by Crippen LogP contribution is 2.15. The zero-order valence-corrected chi connectivity index (χ0v) is 12.5. The number of amides is 1. The van der Waals surface area contributed by atoms with E-state index in [4.69, 9.17) is 0 Å². The lowest BCUT2D eigenvalue weighted by Crippen LogP contribution is -2.13. The minimum absolute atomic E-state index is 0.0889. The second-order valence-corrected chi connectivity index (χ2v) is 5.78. The van der Waals surface area contributed by atoms with Crippen LogP contribution in [-0.2, 0) is 18.3 Å². The molecule has 2 heterocycles. The second kappa shape index (κ2) is 6.01. The number of fused-ring (bicyclic) bond motifs is 1. The minimum atomic E-state index is -0.0889. The number of hydrogen-bond donors (Lipinski definition) is 0. The molecule has 0 saturated carbocycles. The van der Waals surface area contributed by atoms with Crippen molar-refractivity contribution in [2.45, 2.75) is 12.8 Å². The molecule has 3 rings (SSSR count). The number of aromatic nitrogens is 2. The molecule has 3 aromatic rings. The molecule has 106 valence electrons. The maximum Gasteiger partial charge on any atom is 0.248 e. The number of para-hydroxylation sites is 1. The summed E-state index contributed by atoms with van der Waals surface area (Å²) in [6, 6.07) is 11.9. The van der Waals surface area contributed by atoms with Crippen LogP contribution in [0.2, 0.25) is 0 Å². The van der Waals surface area contributed by atoms with Crippen molar-refractivity contribution in [2.24, 2.45) is 12.0 Å². The maximum atomic E-state index is 12.0. The van der Waals surface area contributed by atoms with Crippen molar-refractivity contribution >= 4 is 27.5 Å². The zero-order chi connectivity index (χ0) is 14.7. The van der Waals surface area contributed by atoms with Gasteiger partial charge in [-0.2, -0.15) is 4.99 Å². The van der Waals surface area contributed by atoms with Gasteiger partial charge in [-0.05, 0) is 36.2 Å². The molecule has 5 heteroatoms. The average Bonchev–Trinajstić information content (AvgIpc) is 2.83. The van der Waals surface area contributed by atoms with Gasteiger partial charge in [-0.15, -0.1) is 0 Å². The molecule has 2 aromatic heterocycles. The summed E-state index contributed by atoms with van der Waals surface area (Å²) < 4.78 is 3.10. The van der Waals surface area contributed by atoms with Gasteiger partial charge in [0.2, 0.25) is 5.91 Å². The van der Waals surface area contributed by atoms with Crippen LogP contribution in [0.4, 0.5) is 0 Å². The summed E-state index contributed by atoms with van der Waals surface area (Å²) in [4.78, 5) is 21.0. The summed E-state index contributed by atoms with van der Waals surface area (Å²) >= 11 is 1.54. The number of pyridine rings is 1. The highest BCUT2D eigenvalue weighted by atomic mass is 32.1. The van der Waals surface area contributed by atoms with Crippen LogP contribution in [-0.4, -0.2) is 15.5 Å². The van der Waals surface area contributed by atoms with Gasteiger partial charge in [0.05, 0.1) is 10.2 Å². The molecule has 1 aromatic carbocycles. The van der Waals surface area contributed by atoms with Crippen molar-refractivity contribution in [3.05, 3.63) is 59.2 Å². The van der Waals surface area contributed by atoms with Crippen LogP contribution in [0.25, 0.3) is 10.2 Å². The van der Waals surface area contributed by atoms with E-state index < -0.39 is 0 Å². The SMILES string of the molecule is Cn1c(=NC(=O)CCc2ccncc2)sc2ccccc21. The van der Waals surface area contributed by atoms with Gasteiger partial charge in [0, 0.05) is 25.9 Å². The first-order valence-corrected chi connectivity index (χ1v) is 7.57. The Balaban J connectivity index is 1.80. The maximum absolute atomic E-state index is 12.0. The monoisotopic (exact) mass is 297 g/mol. The van der Waals surface area contributed by atoms with Crippen molar-refractivity contribution in [1.29, 1.82) is 0 Å². The number of rotatable bonds is 3. The molecule has 0 radical (unpaired) electrons. The first kappa shape index (κ1) is 13.7. The summed E-state index contributed by atoms with van der Waals surface area (Å²) in [5.41, 5.74) is 2.21. The lowest BCUT2D eigenvalue weighted by atomic mass is 10.1. The van der Waals surface area contributed by atoms with Crippen molar-refractivity contribution in [2.75, 3.05) is 0 Å². The molecule has 0 saturated heterocycles. The molecule has 0 unspecified atom stereocenters. The molecule has 1 amide bonds. The topological polar surface area (TPSA) is 47.2 Å². The summed E-state index contributed by atoms with van der Waals surface area (Å²) in [6.45, 7) is 0. The molecule has 0 aliphatic carbocycles. The summed E-state index contributed by atoms with van der Waals surface area (Å²) in [5, 5.41) is 0. The van der Waals surface area contributed by atoms with E-state index in [9.17, 15) is 4.79 Å². The third-order valence-corrected chi connectivity index (χ3v) is 4.42. The van der Waals surface area contributed by atoms with Gasteiger partial charge < -0.3 is 4.57 Å². The summed E-state index contributed by atoms with van der Waals surface area (Å²) in [5.74, 6) is -0.0889. The highest BCUT2D eigenvalue weighted by molar-refractivity contribution is 7.16. The quantitative estimate of drug-likeness (QED) is 0.746. The summed E-state index contributed by atoms with van der Waals surface area (Å²) in [7, 11) is 1.94. The van der Waals surface area contributed by atoms with E-state index in [0.717, 1.165) is 20.6 Å². The molecule has 0 fully saturated rings. The highest BCUT2D eigenvalue weighted by Gasteiger charge is 2.05. The van der Waals surface area contributed by atoms with Gasteiger partial charge in [0.25, 0.3) is 0 Å². The Labute approximate surface area is 126 Å². The molecule has 0 bridgehead atoms. The molecular formula is C16H15N3OS. The Morgan fingerprint density at radius 1 is 1.24 bits per heavy atom. The molecule has 21 heavy (non-hydrogen) atoms. The van der Waals surface area contributed by atoms with Crippen LogP contribution < -0.4 is 4.80 Å². The number of aryl methyl sites for hydroxylation is 2. The predicted molar refractivity (Wildman–Crippen MR) is 83.9 cm³/mol. The molecule has 0 spiro atoms. The van der Waals surface area contributed by atoms with E-state index in [2.05, 4.69) is 9.98 Å². The van der Waals surface area contributed by atoms with Crippen molar-refractivity contribution in [3.8, 4) is 0 Å². The number of nitrogens with zero attached hydrogens (tertiary/aromatic N) is 3. The fourth-order valence-electron chi connectivity index (χ4n) is 2.15. The normalized spacial score (nSPS) is 12.0. The Morgan fingerprint density at radius 3 is 2.76 bits per heavy atom. The van der Waals surface area contributed by atoms with E-state index in [0.29, 0.717) is 12.8 Å². The molecular weight excluding hydrogens is 282 g/mol. The molecule has 0 N–H and O–H groups in total. The molecule has 0 aliphatic rings. The number of hydrogen-bond acceptors (Lipinski definition) is 3. The third-order valence-electron chi connectivity index (χ3n) is 3.31. The van der Waals surface area contributed by atoms with Gasteiger partial charge in [-0.3, -0.25) is 9.78 Å². The first-order valence-electron chi connectivity index (χ1n) is 6.75. The number of carbonyl (C=O) groups excluding carboxylic acids is 1. The lowest BCUT2D eigenvalue weighted by Gasteiger charge is -1.97. The van der Waals surface area contributed by atoms with Crippen LogP contribution in [0.3, 0.4) is 0 Å². The standard InChI is InChI=1S/C16H15N3OS/c1-19-13-4-2-3-5-14(13)21-16(19)18-15(20)7-6-12-8-10-17-11-9-12/h2-5,8-11H,6-7H2,1H3. The van der Waals surface area contributed by atoms with Crippen molar-refractivity contribution in [3.63, 3.8) is 0 Å². The number of thiazole rings is 1. The Kier molecular flexibility index (Phi) is 3.92. The Morgan fingerprint density at radius 2 is 2.00 bits per heavy atom. The first-order chi connectivity index (χ1) is 10.2. The van der Waals surface area contributed by atoms with Gasteiger partial charge in [-0.25, -0.2) is 0 Å². The fraction of sp³-hybridized carbons (Fsp3) is 0.188. The molecule has 0 atom stereocenters. The number of benzene rings is 1. The van der Waals surface area contributed by atoms with Gasteiger partial charge in [0.15, 0.2) is 4.80 Å². The lowest BCUT2D eigenvalue weighted by molar-refractivity contribution is -0.118. The molecule has 4 nitrogen and oxygen atoms in total. The van der Waals surface area contributed by atoms with Crippen molar-refractivity contribution < 1.29 is 4.79 Å². The van der Waals surface area contributed by atoms with E-state index >= 15 is 0 Å². The second-order valence-electron chi connectivity index (χ2n) is 4.77. The van der Waals surface area contributed by atoms with E-state index in [1.165, 1.54) is 11.3 Å². The van der Waals surface area contributed by atoms with Crippen LogP contribution in [0.1, 0.15) is 12.0 Å². The summed E-state index contributed by atoms with van der Waals surface area (Å²) in [6.07, 6.45) is 4.59. The van der Waals surface area contributed by atoms with Gasteiger partial charge in [0.1, 0.15) is 0 Å². The fourth-order valence-corrected chi connectivity index (χ4v) is 3.19. The van der Waals surface area contributed by atoms with Crippen LogP contribution >= 0.6 is 11.3 Å². The zero-order valence-electron chi connectivity index (χ0n) is 11.7. The van der Waals surface area contributed by atoms with E-state index in [-0.39, 0.29) is 5.91 Å². The van der Waals surface area contributed by atoms with Crippen LogP contribution in [0.15, 0.2) is 53.8 Å². The van der Waals surface area contributed by atoms with Crippen LogP contribution in [0.5, 0.6) is 0 Å². The Bertz CT molecular complexity index is 833. The largest absolute Gasteiger partial charge is 0.319 e. The third kappa shape index (κ3) is 3.08.